The fraction of sp³-hybridized carbons (Fsp3) is 0.111. The summed E-state index contributed by atoms with van der Waals surface area (Å²) in [5.74, 6) is 0.829. The van der Waals surface area contributed by atoms with Crippen LogP contribution in [0, 0.1) is 0 Å². The van der Waals surface area contributed by atoms with Gasteiger partial charge in [-0.1, -0.05) is 35.3 Å². The molecule has 0 saturated carbocycles. The van der Waals surface area contributed by atoms with Crippen LogP contribution in [0.3, 0.4) is 0 Å². The van der Waals surface area contributed by atoms with Crippen LogP contribution in [-0.2, 0) is 13.2 Å². The van der Waals surface area contributed by atoms with Crippen LogP contribution in [0.2, 0.25) is 10.0 Å². The third kappa shape index (κ3) is 3.13. The molecule has 2 nitrogen and oxygen atoms in total. The predicted octanol–water partition coefficient (Wildman–Crippen LogP) is 5.71. The molecule has 0 unspecified atom stereocenters. The molecule has 0 N–H and O–H groups in total. The Kier molecular flexibility index (Phi) is 4.41. The topological polar surface area (TPSA) is 14.2 Å². The summed E-state index contributed by atoms with van der Waals surface area (Å²) < 4.78 is 7.98. The van der Waals surface area contributed by atoms with Crippen molar-refractivity contribution in [2.45, 2.75) is 13.2 Å². The van der Waals surface area contributed by atoms with E-state index in [1.54, 1.807) is 6.07 Å². The summed E-state index contributed by atoms with van der Waals surface area (Å²) in [6.07, 6.45) is 3.93. The van der Waals surface area contributed by atoms with E-state index in [1.165, 1.54) is 5.52 Å². The molecular formula is C18H15Cl2NO. The largest absolute Gasteiger partial charge is 0.489 e. The van der Waals surface area contributed by atoms with E-state index < -0.39 is 0 Å². The van der Waals surface area contributed by atoms with Crippen LogP contribution in [-0.4, -0.2) is 4.57 Å². The number of fused-ring (bicyclic) bond motifs is 1. The van der Waals surface area contributed by atoms with Crippen molar-refractivity contribution in [1.82, 2.24) is 4.57 Å². The number of benzene rings is 2. The first-order chi connectivity index (χ1) is 10.7. The zero-order valence-corrected chi connectivity index (χ0v) is 13.4. The van der Waals surface area contributed by atoms with E-state index in [2.05, 4.69) is 29.5 Å². The second kappa shape index (κ2) is 6.47. The van der Waals surface area contributed by atoms with Crippen LogP contribution >= 0.6 is 23.2 Å². The first-order valence-electron chi connectivity index (χ1n) is 6.94. The molecule has 0 aliphatic carbocycles. The Hall–Kier alpha value is -1.90. The van der Waals surface area contributed by atoms with E-state index in [4.69, 9.17) is 27.9 Å². The second-order valence-electron chi connectivity index (χ2n) is 5.01. The van der Waals surface area contributed by atoms with Crippen LogP contribution < -0.4 is 4.74 Å². The quantitative estimate of drug-likeness (QED) is 0.546. The standard InChI is InChI=1S/C18H15Cl2NO/c1-2-8-21-9-7-14-11-15(4-6-18(14)21)22-12-13-3-5-16(19)17(20)10-13/h2-7,9-11H,1,8,12H2. The molecule has 22 heavy (non-hydrogen) atoms. The Labute approximate surface area is 139 Å². The average Bonchev–Trinajstić information content (AvgIpc) is 2.91. The number of halogens is 2. The molecule has 0 amide bonds. The number of allylic oxidation sites excluding steroid dienone is 1. The SMILES string of the molecule is C=CCn1ccc2cc(OCc3ccc(Cl)c(Cl)c3)ccc21. The molecule has 0 atom stereocenters. The lowest BCUT2D eigenvalue weighted by Gasteiger charge is -2.08. The lowest BCUT2D eigenvalue weighted by Crippen LogP contribution is -1.96. The predicted molar refractivity (Wildman–Crippen MR) is 92.9 cm³/mol. The minimum Gasteiger partial charge on any atom is -0.489 e. The Balaban J connectivity index is 1.76. The van der Waals surface area contributed by atoms with Gasteiger partial charge >= 0.3 is 0 Å². The summed E-state index contributed by atoms with van der Waals surface area (Å²) in [6, 6.07) is 13.7. The lowest BCUT2D eigenvalue weighted by molar-refractivity contribution is 0.306. The van der Waals surface area contributed by atoms with E-state index >= 15 is 0 Å². The van der Waals surface area contributed by atoms with Gasteiger partial charge in [-0.2, -0.15) is 0 Å². The van der Waals surface area contributed by atoms with E-state index in [1.807, 2.05) is 30.3 Å². The Morgan fingerprint density at radius 3 is 2.68 bits per heavy atom. The second-order valence-corrected chi connectivity index (χ2v) is 5.83. The number of hydrogen-bond donors (Lipinski definition) is 0. The van der Waals surface area contributed by atoms with Gasteiger partial charge in [0.1, 0.15) is 12.4 Å². The highest BCUT2D eigenvalue weighted by atomic mass is 35.5. The van der Waals surface area contributed by atoms with Gasteiger partial charge in [0.2, 0.25) is 0 Å². The van der Waals surface area contributed by atoms with Gasteiger partial charge in [-0.3, -0.25) is 0 Å². The third-order valence-electron chi connectivity index (χ3n) is 3.46. The zero-order valence-electron chi connectivity index (χ0n) is 11.9. The Morgan fingerprint density at radius 1 is 1.05 bits per heavy atom. The van der Waals surface area contributed by atoms with E-state index in [0.717, 1.165) is 23.2 Å². The molecule has 4 heteroatoms. The van der Waals surface area contributed by atoms with Gasteiger partial charge in [0.05, 0.1) is 10.0 Å². The Bertz CT molecular complexity index is 823. The van der Waals surface area contributed by atoms with Crippen molar-refractivity contribution in [2.24, 2.45) is 0 Å². The Morgan fingerprint density at radius 2 is 1.91 bits per heavy atom. The van der Waals surface area contributed by atoms with Gasteiger partial charge in [0.15, 0.2) is 0 Å². The van der Waals surface area contributed by atoms with Crippen molar-refractivity contribution in [3.63, 3.8) is 0 Å². The summed E-state index contributed by atoms with van der Waals surface area (Å²) >= 11 is 11.9. The van der Waals surface area contributed by atoms with E-state index in [0.29, 0.717) is 16.7 Å². The number of aromatic nitrogens is 1. The lowest BCUT2D eigenvalue weighted by atomic mass is 10.2. The number of nitrogens with zero attached hydrogens (tertiary/aromatic N) is 1. The highest BCUT2D eigenvalue weighted by Crippen LogP contribution is 2.25. The summed E-state index contributed by atoms with van der Waals surface area (Å²) in [5, 5.41) is 2.24. The highest BCUT2D eigenvalue weighted by molar-refractivity contribution is 6.42. The van der Waals surface area contributed by atoms with Gasteiger partial charge in [-0.05, 0) is 42.0 Å². The third-order valence-corrected chi connectivity index (χ3v) is 4.20. The molecule has 1 aromatic heterocycles. The number of ether oxygens (including phenoxy) is 1. The molecule has 0 radical (unpaired) electrons. The minimum absolute atomic E-state index is 0.454. The van der Waals surface area contributed by atoms with Crippen molar-refractivity contribution in [2.75, 3.05) is 0 Å². The normalized spacial score (nSPS) is 10.8. The van der Waals surface area contributed by atoms with Gasteiger partial charge in [-0.15, -0.1) is 6.58 Å². The van der Waals surface area contributed by atoms with Crippen LogP contribution in [0.4, 0.5) is 0 Å². The maximum absolute atomic E-state index is 6.01. The summed E-state index contributed by atoms with van der Waals surface area (Å²) in [6.45, 7) is 5.02. The maximum Gasteiger partial charge on any atom is 0.120 e. The van der Waals surface area contributed by atoms with Crippen molar-refractivity contribution >= 4 is 34.1 Å². The molecule has 3 aromatic rings. The minimum atomic E-state index is 0.454. The fourth-order valence-electron chi connectivity index (χ4n) is 2.36. The maximum atomic E-state index is 6.01. The van der Waals surface area contributed by atoms with Crippen LogP contribution in [0.15, 0.2) is 61.3 Å². The van der Waals surface area contributed by atoms with Crippen molar-refractivity contribution in [3.8, 4) is 5.75 Å². The number of rotatable bonds is 5. The van der Waals surface area contributed by atoms with E-state index in [9.17, 15) is 0 Å². The van der Waals surface area contributed by atoms with Gasteiger partial charge in [0, 0.05) is 23.6 Å². The van der Waals surface area contributed by atoms with E-state index in [-0.39, 0.29) is 0 Å². The summed E-state index contributed by atoms with van der Waals surface area (Å²) in [4.78, 5) is 0. The van der Waals surface area contributed by atoms with Crippen LogP contribution in [0.1, 0.15) is 5.56 Å². The number of hydrogen-bond acceptors (Lipinski definition) is 1. The molecule has 3 rings (SSSR count). The molecule has 112 valence electrons. The van der Waals surface area contributed by atoms with Gasteiger partial charge in [0.25, 0.3) is 0 Å². The summed E-state index contributed by atoms with van der Waals surface area (Å²) in [7, 11) is 0. The van der Waals surface area contributed by atoms with Crippen molar-refractivity contribution < 1.29 is 4.74 Å². The first kappa shape index (κ1) is 15.0. The van der Waals surface area contributed by atoms with Gasteiger partial charge in [-0.25, -0.2) is 0 Å². The average molecular weight is 332 g/mol. The van der Waals surface area contributed by atoms with Crippen molar-refractivity contribution in [1.29, 1.82) is 0 Å². The molecule has 0 saturated heterocycles. The molecule has 0 aliphatic rings. The highest BCUT2D eigenvalue weighted by Gasteiger charge is 2.04. The fourth-order valence-corrected chi connectivity index (χ4v) is 2.68. The van der Waals surface area contributed by atoms with Crippen molar-refractivity contribution in [3.05, 3.63) is 76.9 Å². The molecule has 2 aromatic carbocycles. The van der Waals surface area contributed by atoms with Crippen LogP contribution in [0.5, 0.6) is 5.75 Å². The molecular weight excluding hydrogens is 317 g/mol. The first-order valence-corrected chi connectivity index (χ1v) is 7.69. The smallest absolute Gasteiger partial charge is 0.120 e. The molecule has 0 spiro atoms. The van der Waals surface area contributed by atoms with Crippen LogP contribution in [0.25, 0.3) is 10.9 Å². The van der Waals surface area contributed by atoms with Gasteiger partial charge < -0.3 is 9.30 Å². The molecule has 1 heterocycles. The zero-order chi connectivity index (χ0) is 15.5. The molecule has 0 aliphatic heterocycles. The summed E-state index contributed by atoms with van der Waals surface area (Å²) in [5.41, 5.74) is 2.15. The molecule has 0 fully saturated rings. The molecule has 0 bridgehead atoms. The monoisotopic (exact) mass is 331 g/mol.